The molecular formula is C15H15N5O2S. The highest BCUT2D eigenvalue weighted by Crippen LogP contribution is 2.24. The lowest BCUT2D eigenvalue weighted by Gasteiger charge is -2.03. The molecule has 0 N–H and O–H groups in total. The Bertz CT molecular complexity index is 832. The van der Waals surface area contributed by atoms with Gasteiger partial charge >= 0.3 is 5.97 Å². The van der Waals surface area contributed by atoms with Crippen molar-refractivity contribution in [2.75, 3.05) is 12.4 Å². The maximum Gasteiger partial charge on any atom is 0.316 e. The van der Waals surface area contributed by atoms with Gasteiger partial charge in [-0.25, -0.2) is 9.97 Å². The summed E-state index contributed by atoms with van der Waals surface area (Å²) in [4.78, 5) is 19.9. The first-order valence-electron chi connectivity index (χ1n) is 7.11. The summed E-state index contributed by atoms with van der Waals surface area (Å²) in [5.41, 5.74) is 3.22. The summed E-state index contributed by atoms with van der Waals surface area (Å²) < 4.78 is 6.57. The molecule has 0 saturated heterocycles. The Balaban J connectivity index is 1.91. The quantitative estimate of drug-likeness (QED) is 0.403. The minimum absolute atomic E-state index is 0.178. The van der Waals surface area contributed by atoms with Crippen molar-refractivity contribution in [3.8, 4) is 5.69 Å². The molecular weight excluding hydrogens is 314 g/mol. The van der Waals surface area contributed by atoms with Crippen molar-refractivity contribution in [2.45, 2.75) is 18.9 Å². The molecule has 0 atom stereocenters. The number of carbonyl (C=O) groups is 1. The summed E-state index contributed by atoms with van der Waals surface area (Å²) in [6.45, 7) is 4.16. The minimum atomic E-state index is -0.282. The van der Waals surface area contributed by atoms with Gasteiger partial charge in [-0.3, -0.25) is 4.79 Å². The van der Waals surface area contributed by atoms with Crippen molar-refractivity contribution >= 4 is 28.9 Å². The highest BCUT2D eigenvalue weighted by atomic mass is 32.2. The average molecular weight is 329 g/mol. The fourth-order valence-electron chi connectivity index (χ4n) is 2.02. The molecule has 1 aromatic carbocycles. The van der Waals surface area contributed by atoms with Crippen LogP contribution in [0.3, 0.4) is 0 Å². The van der Waals surface area contributed by atoms with E-state index in [2.05, 4.69) is 20.3 Å². The second-order valence-electron chi connectivity index (χ2n) is 4.78. The van der Waals surface area contributed by atoms with Gasteiger partial charge in [0.05, 0.1) is 18.0 Å². The van der Waals surface area contributed by atoms with Crippen LogP contribution in [0, 0.1) is 6.92 Å². The van der Waals surface area contributed by atoms with E-state index in [-0.39, 0.29) is 11.7 Å². The Morgan fingerprint density at radius 3 is 2.78 bits per heavy atom. The van der Waals surface area contributed by atoms with Crippen LogP contribution in [0.4, 0.5) is 0 Å². The number of thioether (sulfide) groups is 1. The molecule has 3 rings (SSSR count). The number of hydrogen-bond donors (Lipinski definition) is 0. The molecule has 7 nitrogen and oxygen atoms in total. The molecule has 0 bridgehead atoms. The van der Waals surface area contributed by atoms with Gasteiger partial charge in [0, 0.05) is 0 Å². The normalized spacial score (nSPS) is 10.9. The molecule has 2 heterocycles. The number of ether oxygens (including phenoxy) is 1. The largest absolute Gasteiger partial charge is 0.465 e. The highest BCUT2D eigenvalue weighted by Gasteiger charge is 2.14. The number of rotatable bonds is 5. The number of hydrogen-bond acceptors (Lipinski definition) is 7. The third kappa shape index (κ3) is 3.31. The average Bonchev–Trinajstić information content (AvgIpc) is 2.98. The van der Waals surface area contributed by atoms with Crippen LogP contribution in [0.25, 0.3) is 16.9 Å². The van der Waals surface area contributed by atoms with Gasteiger partial charge in [-0.1, -0.05) is 34.7 Å². The molecule has 3 aromatic rings. The maximum atomic E-state index is 11.5. The van der Waals surface area contributed by atoms with Gasteiger partial charge in [-0.15, -0.1) is 5.10 Å². The van der Waals surface area contributed by atoms with Crippen molar-refractivity contribution in [1.82, 2.24) is 25.0 Å². The summed E-state index contributed by atoms with van der Waals surface area (Å²) in [5.74, 6) is -0.104. The molecule has 0 radical (unpaired) electrons. The van der Waals surface area contributed by atoms with Crippen LogP contribution in [0.1, 0.15) is 12.5 Å². The number of carbonyl (C=O) groups excluding carboxylic acids is 1. The van der Waals surface area contributed by atoms with Gasteiger partial charge in [0.1, 0.15) is 11.4 Å². The first-order valence-corrected chi connectivity index (χ1v) is 8.09. The third-order valence-corrected chi connectivity index (χ3v) is 4.07. The van der Waals surface area contributed by atoms with Crippen LogP contribution < -0.4 is 0 Å². The maximum absolute atomic E-state index is 11.5. The number of nitrogens with zero attached hydrogens (tertiary/aromatic N) is 5. The summed E-state index contributed by atoms with van der Waals surface area (Å²) >= 11 is 1.27. The number of aryl methyl sites for hydroxylation is 1. The smallest absolute Gasteiger partial charge is 0.316 e. The lowest BCUT2D eigenvalue weighted by atomic mass is 10.2. The second-order valence-corrected chi connectivity index (χ2v) is 5.75. The molecule has 2 aromatic heterocycles. The molecule has 8 heteroatoms. The van der Waals surface area contributed by atoms with Gasteiger partial charge < -0.3 is 4.74 Å². The van der Waals surface area contributed by atoms with Crippen LogP contribution >= 0.6 is 11.8 Å². The summed E-state index contributed by atoms with van der Waals surface area (Å²) in [5, 5.41) is 8.92. The van der Waals surface area contributed by atoms with Crippen molar-refractivity contribution in [1.29, 1.82) is 0 Å². The lowest BCUT2D eigenvalue weighted by Crippen LogP contribution is -2.06. The minimum Gasteiger partial charge on any atom is -0.465 e. The van der Waals surface area contributed by atoms with Crippen molar-refractivity contribution in [3.05, 3.63) is 36.2 Å². The fraction of sp³-hybridized carbons (Fsp3) is 0.267. The molecule has 23 heavy (non-hydrogen) atoms. The predicted octanol–water partition coefficient (Wildman–Crippen LogP) is 2.17. The molecule has 0 aliphatic rings. The molecule has 0 amide bonds. The summed E-state index contributed by atoms with van der Waals surface area (Å²) in [7, 11) is 0. The van der Waals surface area contributed by atoms with Gasteiger partial charge in [-0.05, 0) is 26.0 Å². The third-order valence-electron chi connectivity index (χ3n) is 3.11. The van der Waals surface area contributed by atoms with E-state index in [1.54, 1.807) is 11.6 Å². The number of benzene rings is 1. The summed E-state index contributed by atoms with van der Waals surface area (Å²) in [6.07, 6.45) is 1.45. The van der Waals surface area contributed by atoms with Crippen LogP contribution in [-0.2, 0) is 9.53 Å². The molecule has 118 valence electrons. The Hall–Kier alpha value is -2.48. The monoisotopic (exact) mass is 329 g/mol. The van der Waals surface area contributed by atoms with E-state index in [1.165, 1.54) is 23.7 Å². The first kappa shape index (κ1) is 15.4. The second kappa shape index (κ2) is 6.74. The van der Waals surface area contributed by atoms with Gasteiger partial charge in [-0.2, -0.15) is 4.68 Å². The number of esters is 1. The number of aromatic nitrogens is 5. The van der Waals surface area contributed by atoms with Gasteiger partial charge in [0.15, 0.2) is 11.2 Å². The van der Waals surface area contributed by atoms with Crippen LogP contribution in [0.5, 0.6) is 0 Å². The van der Waals surface area contributed by atoms with Crippen molar-refractivity contribution in [2.24, 2.45) is 0 Å². The van der Waals surface area contributed by atoms with Gasteiger partial charge in [0.2, 0.25) is 0 Å². The van der Waals surface area contributed by atoms with E-state index in [0.29, 0.717) is 22.8 Å². The molecule has 0 aliphatic carbocycles. The van der Waals surface area contributed by atoms with Crippen LogP contribution in [-0.4, -0.2) is 43.3 Å². The topological polar surface area (TPSA) is 82.8 Å². The molecule has 0 unspecified atom stereocenters. The standard InChI is InChI=1S/C15H15N5O2S/c1-3-22-12(21)8-23-15-13-14(16-9-17-15)20(19-18-13)11-6-4-10(2)5-7-11/h4-7,9H,3,8H2,1-2H3. The number of fused-ring (bicyclic) bond motifs is 1. The Labute approximate surface area is 137 Å². The van der Waals surface area contributed by atoms with Crippen molar-refractivity contribution in [3.63, 3.8) is 0 Å². The van der Waals surface area contributed by atoms with Crippen LogP contribution in [0.15, 0.2) is 35.6 Å². The molecule has 0 aliphatic heterocycles. The zero-order chi connectivity index (χ0) is 16.2. The Morgan fingerprint density at radius 1 is 1.26 bits per heavy atom. The van der Waals surface area contributed by atoms with E-state index in [1.807, 2.05) is 31.2 Å². The molecule has 0 fully saturated rings. The van der Waals surface area contributed by atoms with E-state index < -0.39 is 0 Å². The van der Waals surface area contributed by atoms with E-state index in [4.69, 9.17) is 4.74 Å². The zero-order valence-electron chi connectivity index (χ0n) is 12.8. The Morgan fingerprint density at radius 2 is 2.04 bits per heavy atom. The van der Waals surface area contributed by atoms with Crippen LogP contribution in [0.2, 0.25) is 0 Å². The first-order chi connectivity index (χ1) is 11.2. The van der Waals surface area contributed by atoms with E-state index >= 15 is 0 Å². The summed E-state index contributed by atoms with van der Waals surface area (Å²) in [6, 6.07) is 7.91. The molecule has 0 spiro atoms. The highest BCUT2D eigenvalue weighted by molar-refractivity contribution is 8.00. The predicted molar refractivity (Wildman–Crippen MR) is 86.5 cm³/mol. The van der Waals surface area contributed by atoms with Crippen molar-refractivity contribution < 1.29 is 9.53 Å². The van der Waals surface area contributed by atoms with E-state index in [0.717, 1.165) is 5.69 Å². The fourth-order valence-corrected chi connectivity index (χ4v) is 2.75. The van der Waals surface area contributed by atoms with E-state index in [9.17, 15) is 4.79 Å². The van der Waals surface area contributed by atoms with Gasteiger partial charge in [0.25, 0.3) is 0 Å². The Kier molecular flexibility index (Phi) is 4.52. The lowest BCUT2D eigenvalue weighted by molar-refractivity contribution is -0.139. The SMILES string of the molecule is CCOC(=O)CSc1ncnc2c1nnn2-c1ccc(C)cc1. The molecule has 0 saturated carbocycles. The zero-order valence-corrected chi connectivity index (χ0v) is 13.6.